The Bertz CT molecular complexity index is 359. The largest absolute Gasteiger partial charge is 0.352 e. The van der Waals surface area contributed by atoms with Crippen molar-refractivity contribution in [2.24, 2.45) is 0 Å². The summed E-state index contributed by atoms with van der Waals surface area (Å²) in [5.74, 6) is -0.202. The number of carbonyl (C=O) groups excluding carboxylic acids is 1. The topological polar surface area (TPSA) is 72.2 Å². The van der Waals surface area contributed by atoms with Crippen LogP contribution in [0.2, 0.25) is 0 Å². The molecule has 1 rings (SSSR count). The Morgan fingerprint density at radius 3 is 2.47 bits per heavy atom. The molecule has 1 aromatic rings. The first-order valence-corrected chi connectivity index (χ1v) is 4.67. The van der Waals surface area contributed by atoms with Crippen LogP contribution in [0.5, 0.6) is 0 Å². The number of carbonyl (C=O) groups is 1. The van der Waals surface area contributed by atoms with E-state index in [9.17, 15) is 14.9 Å². The van der Waals surface area contributed by atoms with Crippen LogP contribution in [0.15, 0.2) is 24.3 Å². The minimum Gasteiger partial charge on any atom is -0.352 e. The number of amides is 1. The van der Waals surface area contributed by atoms with Gasteiger partial charge in [-0.25, -0.2) is 0 Å². The Hall–Kier alpha value is -1.91. The van der Waals surface area contributed by atoms with Crippen molar-refractivity contribution in [1.29, 1.82) is 0 Å². The Labute approximate surface area is 87.3 Å². The lowest BCUT2D eigenvalue weighted by molar-refractivity contribution is -0.384. The van der Waals surface area contributed by atoms with Crippen molar-refractivity contribution in [2.75, 3.05) is 6.54 Å². The number of hydrogen-bond acceptors (Lipinski definition) is 3. The molecule has 5 heteroatoms. The molecule has 0 saturated heterocycles. The van der Waals surface area contributed by atoms with Crippen LogP contribution in [0, 0.1) is 10.1 Å². The number of benzene rings is 1. The van der Waals surface area contributed by atoms with Gasteiger partial charge in [-0.2, -0.15) is 0 Å². The minimum absolute atomic E-state index is 0.0120. The molecule has 0 spiro atoms. The second kappa shape index (κ2) is 5.09. The molecular formula is C10H12N2O3. The van der Waals surface area contributed by atoms with E-state index in [1.165, 1.54) is 24.3 Å². The van der Waals surface area contributed by atoms with Gasteiger partial charge in [-0.3, -0.25) is 14.9 Å². The van der Waals surface area contributed by atoms with Crippen molar-refractivity contribution < 1.29 is 9.72 Å². The van der Waals surface area contributed by atoms with Crippen LogP contribution < -0.4 is 5.32 Å². The van der Waals surface area contributed by atoms with Gasteiger partial charge in [-0.05, 0) is 18.6 Å². The van der Waals surface area contributed by atoms with Gasteiger partial charge in [0, 0.05) is 24.2 Å². The molecule has 0 bridgehead atoms. The number of nitro benzene ring substituents is 1. The number of hydrogen-bond donors (Lipinski definition) is 1. The molecule has 0 aliphatic heterocycles. The highest BCUT2D eigenvalue weighted by Crippen LogP contribution is 2.11. The summed E-state index contributed by atoms with van der Waals surface area (Å²) in [6.07, 6.45) is 0.860. The molecule has 1 aromatic carbocycles. The fourth-order valence-corrected chi connectivity index (χ4v) is 1.08. The second-order valence-electron chi connectivity index (χ2n) is 3.06. The maximum absolute atomic E-state index is 11.4. The lowest BCUT2D eigenvalue weighted by Crippen LogP contribution is -2.23. The van der Waals surface area contributed by atoms with Crippen molar-refractivity contribution >= 4 is 11.6 Å². The first-order valence-electron chi connectivity index (χ1n) is 4.67. The van der Waals surface area contributed by atoms with E-state index < -0.39 is 4.92 Å². The third-order valence-electron chi connectivity index (χ3n) is 1.88. The summed E-state index contributed by atoms with van der Waals surface area (Å²) < 4.78 is 0. The maximum Gasteiger partial charge on any atom is 0.269 e. The Morgan fingerprint density at radius 1 is 1.40 bits per heavy atom. The van der Waals surface area contributed by atoms with Gasteiger partial charge in [0.2, 0.25) is 0 Å². The summed E-state index contributed by atoms with van der Waals surface area (Å²) in [6.45, 7) is 2.56. The van der Waals surface area contributed by atoms with E-state index in [1.54, 1.807) is 0 Å². The molecule has 0 atom stereocenters. The van der Waals surface area contributed by atoms with E-state index in [0.29, 0.717) is 12.1 Å². The van der Waals surface area contributed by atoms with Crippen LogP contribution in [-0.2, 0) is 0 Å². The van der Waals surface area contributed by atoms with E-state index >= 15 is 0 Å². The highest BCUT2D eigenvalue weighted by atomic mass is 16.6. The van der Waals surface area contributed by atoms with E-state index in [1.807, 2.05) is 6.92 Å². The summed E-state index contributed by atoms with van der Waals surface area (Å²) in [5.41, 5.74) is 0.427. The van der Waals surface area contributed by atoms with Crippen molar-refractivity contribution in [3.63, 3.8) is 0 Å². The van der Waals surface area contributed by atoms with Crippen LogP contribution in [-0.4, -0.2) is 17.4 Å². The van der Waals surface area contributed by atoms with Crippen LogP contribution in [0.25, 0.3) is 0 Å². The Balaban J connectivity index is 2.71. The smallest absolute Gasteiger partial charge is 0.269 e. The number of nitrogens with one attached hydrogen (secondary N) is 1. The van der Waals surface area contributed by atoms with E-state index in [-0.39, 0.29) is 11.6 Å². The van der Waals surface area contributed by atoms with Gasteiger partial charge in [-0.1, -0.05) is 6.92 Å². The summed E-state index contributed by atoms with van der Waals surface area (Å²) in [6, 6.07) is 5.54. The minimum atomic E-state index is -0.492. The second-order valence-corrected chi connectivity index (χ2v) is 3.06. The van der Waals surface area contributed by atoms with Crippen molar-refractivity contribution in [3.8, 4) is 0 Å². The standard InChI is InChI=1S/C10H12N2O3/c1-2-7-11-10(13)8-3-5-9(6-4-8)12(14)15/h3-6H,2,7H2,1H3,(H,11,13). The number of rotatable bonds is 4. The lowest BCUT2D eigenvalue weighted by Gasteiger charge is -2.02. The zero-order valence-corrected chi connectivity index (χ0v) is 8.40. The van der Waals surface area contributed by atoms with Crippen LogP contribution in [0.4, 0.5) is 5.69 Å². The fraction of sp³-hybridized carbons (Fsp3) is 0.300. The molecule has 0 radical (unpaired) electrons. The lowest BCUT2D eigenvalue weighted by atomic mass is 10.2. The molecule has 0 aliphatic rings. The molecule has 0 saturated carbocycles. The molecule has 0 heterocycles. The maximum atomic E-state index is 11.4. The summed E-state index contributed by atoms with van der Waals surface area (Å²) in [4.78, 5) is 21.3. The molecule has 15 heavy (non-hydrogen) atoms. The van der Waals surface area contributed by atoms with Crippen LogP contribution >= 0.6 is 0 Å². The van der Waals surface area contributed by atoms with Crippen molar-refractivity contribution in [2.45, 2.75) is 13.3 Å². The van der Waals surface area contributed by atoms with E-state index in [4.69, 9.17) is 0 Å². The van der Waals surface area contributed by atoms with Gasteiger partial charge in [0.25, 0.3) is 11.6 Å². The first kappa shape index (κ1) is 11.2. The number of nitro groups is 1. The molecule has 0 unspecified atom stereocenters. The molecule has 0 aromatic heterocycles. The number of non-ortho nitro benzene ring substituents is 1. The van der Waals surface area contributed by atoms with Gasteiger partial charge in [0.05, 0.1) is 4.92 Å². The zero-order valence-electron chi connectivity index (χ0n) is 8.40. The first-order chi connectivity index (χ1) is 7.15. The van der Waals surface area contributed by atoms with Gasteiger partial charge >= 0.3 is 0 Å². The average molecular weight is 208 g/mol. The average Bonchev–Trinajstić information content (AvgIpc) is 2.26. The van der Waals surface area contributed by atoms with Gasteiger partial charge in [0.1, 0.15) is 0 Å². The molecular weight excluding hydrogens is 196 g/mol. The summed E-state index contributed by atoms with van der Waals surface area (Å²) >= 11 is 0. The predicted molar refractivity (Wildman–Crippen MR) is 55.7 cm³/mol. The number of nitrogens with zero attached hydrogens (tertiary/aromatic N) is 1. The van der Waals surface area contributed by atoms with Gasteiger partial charge in [0.15, 0.2) is 0 Å². The van der Waals surface area contributed by atoms with Crippen LogP contribution in [0.1, 0.15) is 23.7 Å². The van der Waals surface area contributed by atoms with E-state index in [0.717, 1.165) is 6.42 Å². The van der Waals surface area contributed by atoms with Crippen molar-refractivity contribution in [3.05, 3.63) is 39.9 Å². The quantitative estimate of drug-likeness (QED) is 0.605. The van der Waals surface area contributed by atoms with Crippen molar-refractivity contribution in [1.82, 2.24) is 5.32 Å². The molecule has 5 nitrogen and oxygen atoms in total. The molecule has 0 aliphatic carbocycles. The fourth-order valence-electron chi connectivity index (χ4n) is 1.08. The molecule has 1 N–H and O–H groups in total. The highest BCUT2D eigenvalue weighted by molar-refractivity contribution is 5.94. The third-order valence-corrected chi connectivity index (χ3v) is 1.88. The Morgan fingerprint density at radius 2 is 2.00 bits per heavy atom. The zero-order chi connectivity index (χ0) is 11.3. The normalized spacial score (nSPS) is 9.67. The van der Waals surface area contributed by atoms with Crippen LogP contribution in [0.3, 0.4) is 0 Å². The summed E-state index contributed by atoms with van der Waals surface area (Å²) in [7, 11) is 0. The molecule has 80 valence electrons. The third kappa shape index (κ3) is 3.05. The van der Waals surface area contributed by atoms with Gasteiger partial charge in [-0.15, -0.1) is 0 Å². The SMILES string of the molecule is CCCNC(=O)c1ccc([N+](=O)[O-])cc1. The predicted octanol–water partition coefficient (Wildman–Crippen LogP) is 1.73. The monoisotopic (exact) mass is 208 g/mol. The molecule has 0 fully saturated rings. The summed E-state index contributed by atoms with van der Waals surface area (Å²) in [5, 5.41) is 13.0. The van der Waals surface area contributed by atoms with Gasteiger partial charge < -0.3 is 5.32 Å². The highest BCUT2D eigenvalue weighted by Gasteiger charge is 2.08. The Kier molecular flexibility index (Phi) is 3.79. The molecule has 1 amide bonds. The van der Waals surface area contributed by atoms with E-state index in [2.05, 4.69) is 5.32 Å².